The van der Waals surface area contributed by atoms with Crippen molar-refractivity contribution >= 4 is 11.6 Å². The molecule has 1 rings (SSSR count). The van der Waals surface area contributed by atoms with Gasteiger partial charge in [-0.25, -0.2) is 13.8 Å². The maximum absolute atomic E-state index is 12.3. The third kappa shape index (κ3) is 1.97. The lowest BCUT2D eigenvalue weighted by Gasteiger charge is -2.05. The van der Waals surface area contributed by atoms with Crippen molar-refractivity contribution in [2.24, 2.45) is 5.73 Å². The van der Waals surface area contributed by atoms with Gasteiger partial charge in [-0.3, -0.25) is 0 Å². The van der Waals surface area contributed by atoms with Crippen LogP contribution in [0.3, 0.4) is 0 Å². The summed E-state index contributed by atoms with van der Waals surface area (Å²) in [6, 6.07) is 2.86. The van der Waals surface area contributed by atoms with E-state index in [0.717, 1.165) is 0 Å². The quantitative estimate of drug-likeness (QED) is 0.771. The molecule has 0 atom stereocenters. The number of nitrogens with zero attached hydrogens (tertiary/aromatic N) is 2. The smallest absolute Gasteiger partial charge is 0.281 e. The highest BCUT2D eigenvalue weighted by Crippen LogP contribution is 2.24. The Kier molecular flexibility index (Phi) is 3.33. The first kappa shape index (κ1) is 10.8. The summed E-state index contributed by atoms with van der Waals surface area (Å²) >= 11 is 5.57. The number of halogens is 3. The molecule has 14 heavy (non-hydrogen) atoms. The summed E-state index contributed by atoms with van der Waals surface area (Å²) < 4.78 is 24.7. The van der Waals surface area contributed by atoms with Crippen LogP contribution in [-0.4, -0.2) is 4.98 Å². The highest BCUT2D eigenvalue weighted by molar-refractivity contribution is 6.30. The van der Waals surface area contributed by atoms with Crippen LogP contribution in [0, 0.1) is 11.3 Å². The Labute approximate surface area is 84.1 Å². The molecule has 6 heteroatoms. The molecule has 1 aromatic heterocycles. The molecule has 0 bridgehead atoms. The fraction of sp³-hybridized carbons (Fsp3) is 0.250. The zero-order valence-corrected chi connectivity index (χ0v) is 7.72. The van der Waals surface area contributed by atoms with Crippen molar-refractivity contribution in [3.05, 3.63) is 28.0 Å². The highest BCUT2D eigenvalue weighted by Gasteiger charge is 2.17. The zero-order chi connectivity index (χ0) is 10.7. The monoisotopic (exact) mass is 217 g/mol. The molecule has 0 aliphatic rings. The van der Waals surface area contributed by atoms with Crippen LogP contribution in [0.5, 0.6) is 0 Å². The van der Waals surface area contributed by atoms with Crippen molar-refractivity contribution in [1.82, 2.24) is 4.98 Å². The predicted octanol–water partition coefficient (Wildman–Crippen LogP) is 2.00. The van der Waals surface area contributed by atoms with Crippen LogP contribution in [-0.2, 0) is 6.54 Å². The van der Waals surface area contributed by atoms with E-state index >= 15 is 0 Å². The number of hydrogen-bond acceptors (Lipinski definition) is 3. The minimum Gasteiger partial charge on any atom is -0.326 e. The molecular formula is C8H6ClF2N3. The molecule has 0 fully saturated rings. The number of rotatable bonds is 2. The topological polar surface area (TPSA) is 62.7 Å². The Hall–Kier alpha value is -1.25. The fourth-order valence-corrected chi connectivity index (χ4v) is 1.17. The second-order valence-corrected chi connectivity index (χ2v) is 2.85. The summed E-state index contributed by atoms with van der Waals surface area (Å²) in [5.41, 5.74) is 4.87. The van der Waals surface area contributed by atoms with Crippen LogP contribution >= 0.6 is 11.6 Å². The maximum Gasteiger partial charge on any atom is 0.281 e. The van der Waals surface area contributed by atoms with Gasteiger partial charge >= 0.3 is 0 Å². The fourth-order valence-electron chi connectivity index (χ4n) is 0.945. The molecular weight excluding hydrogens is 212 g/mol. The predicted molar refractivity (Wildman–Crippen MR) is 46.8 cm³/mol. The van der Waals surface area contributed by atoms with Gasteiger partial charge in [-0.2, -0.15) is 5.26 Å². The SMILES string of the molecule is N#Cc1cc(CN)c(Cl)nc1C(F)F. The van der Waals surface area contributed by atoms with Gasteiger partial charge in [0.2, 0.25) is 0 Å². The van der Waals surface area contributed by atoms with Gasteiger partial charge in [-0.05, 0) is 6.07 Å². The first-order valence-electron chi connectivity index (χ1n) is 3.67. The molecule has 0 spiro atoms. The van der Waals surface area contributed by atoms with E-state index in [2.05, 4.69) is 4.98 Å². The van der Waals surface area contributed by atoms with Gasteiger partial charge < -0.3 is 5.73 Å². The Balaban J connectivity index is 3.33. The van der Waals surface area contributed by atoms with Crippen LogP contribution < -0.4 is 5.73 Å². The zero-order valence-electron chi connectivity index (χ0n) is 6.97. The lowest BCUT2D eigenvalue weighted by Crippen LogP contribution is -2.03. The van der Waals surface area contributed by atoms with Crippen molar-refractivity contribution in [3.8, 4) is 6.07 Å². The van der Waals surface area contributed by atoms with E-state index in [9.17, 15) is 8.78 Å². The van der Waals surface area contributed by atoms with Crippen molar-refractivity contribution in [2.75, 3.05) is 0 Å². The van der Waals surface area contributed by atoms with Crippen LogP contribution in [0.25, 0.3) is 0 Å². The number of nitriles is 1. The Morgan fingerprint density at radius 2 is 2.29 bits per heavy atom. The van der Waals surface area contributed by atoms with Gasteiger partial charge in [0, 0.05) is 12.1 Å². The number of nitrogens with two attached hydrogens (primary N) is 1. The van der Waals surface area contributed by atoms with E-state index in [1.54, 1.807) is 6.07 Å². The summed E-state index contributed by atoms with van der Waals surface area (Å²) in [6.45, 7) is 0.0596. The van der Waals surface area contributed by atoms with E-state index in [-0.39, 0.29) is 17.3 Å². The van der Waals surface area contributed by atoms with Crippen LogP contribution in [0.2, 0.25) is 5.15 Å². The number of alkyl halides is 2. The van der Waals surface area contributed by atoms with E-state index in [1.807, 2.05) is 0 Å². The summed E-state index contributed by atoms with van der Waals surface area (Å²) in [6.07, 6.45) is -2.81. The maximum atomic E-state index is 12.3. The molecule has 0 aliphatic heterocycles. The molecule has 0 aromatic carbocycles. The van der Waals surface area contributed by atoms with Crippen LogP contribution in [0.1, 0.15) is 23.2 Å². The average molecular weight is 218 g/mol. The Bertz CT molecular complexity index is 387. The van der Waals surface area contributed by atoms with Gasteiger partial charge in [0.05, 0.1) is 5.56 Å². The molecule has 74 valence electrons. The summed E-state index contributed by atoms with van der Waals surface area (Å²) in [5.74, 6) is 0. The van der Waals surface area contributed by atoms with E-state index in [1.165, 1.54) is 6.07 Å². The second kappa shape index (κ2) is 4.31. The van der Waals surface area contributed by atoms with E-state index in [0.29, 0.717) is 5.56 Å². The normalized spacial score (nSPS) is 10.3. The van der Waals surface area contributed by atoms with E-state index < -0.39 is 12.1 Å². The first-order chi connectivity index (χ1) is 6.60. The molecule has 0 unspecified atom stereocenters. The minimum absolute atomic E-state index is 0.0596. The summed E-state index contributed by atoms with van der Waals surface area (Å²) in [7, 11) is 0. The number of aromatic nitrogens is 1. The molecule has 1 aromatic rings. The summed E-state index contributed by atoms with van der Waals surface area (Å²) in [5, 5.41) is 8.49. The number of hydrogen-bond donors (Lipinski definition) is 1. The lowest BCUT2D eigenvalue weighted by atomic mass is 10.1. The molecule has 0 aliphatic carbocycles. The van der Waals surface area contributed by atoms with Gasteiger partial charge in [-0.15, -0.1) is 0 Å². The molecule has 0 radical (unpaired) electrons. The van der Waals surface area contributed by atoms with Gasteiger partial charge in [0.15, 0.2) is 0 Å². The summed E-state index contributed by atoms with van der Waals surface area (Å²) in [4.78, 5) is 3.43. The van der Waals surface area contributed by atoms with E-state index in [4.69, 9.17) is 22.6 Å². The van der Waals surface area contributed by atoms with Gasteiger partial charge in [0.1, 0.15) is 16.9 Å². The van der Waals surface area contributed by atoms with Gasteiger partial charge in [-0.1, -0.05) is 11.6 Å². The lowest BCUT2D eigenvalue weighted by molar-refractivity contribution is 0.145. The van der Waals surface area contributed by atoms with Crippen molar-refractivity contribution < 1.29 is 8.78 Å². The van der Waals surface area contributed by atoms with Gasteiger partial charge in [0.25, 0.3) is 6.43 Å². The minimum atomic E-state index is -2.81. The average Bonchev–Trinajstić information content (AvgIpc) is 2.17. The standard InChI is InChI=1S/C8H6ClF2N3/c9-7-5(3-13)1-4(2-12)6(14-7)8(10)11/h1,8H,3,13H2. The van der Waals surface area contributed by atoms with Crippen molar-refractivity contribution in [1.29, 1.82) is 5.26 Å². The number of pyridine rings is 1. The Morgan fingerprint density at radius 3 is 2.71 bits per heavy atom. The molecule has 0 amide bonds. The van der Waals surface area contributed by atoms with Crippen molar-refractivity contribution in [3.63, 3.8) is 0 Å². The van der Waals surface area contributed by atoms with Crippen LogP contribution in [0.15, 0.2) is 6.07 Å². The largest absolute Gasteiger partial charge is 0.326 e. The molecule has 3 nitrogen and oxygen atoms in total. The highest BCUT2D eigenvalue weighted by atomic mass is 35.5. The molecule has 1 heterocycles. The first-order valence-corrected chi connectivity index (χ1v) is 4.05. The molecule has 0 saturated heterocycles. The third-order valence-corrected chi connectivity index (χ3v) is 1.95. The van der Waals surface area contributed by atoms with Crippen LogP contribution in [0.4, 0.5) is 8.78 Å². The molecule has 2 N–H and O–H groups in total. The second-order valence-electron chi connectivity index (χ2n) is 2.49. The third-order valence-electron chi connectivity index (χ3n) is 1.63. The molecule has 0 saturated carbocycles. The Morgan fingerprint density at radius 1 is 1.64 bits per heavy atom. The van der Waals surface area contributed by atoms with Crippen molar-refractivity contribution in [2.45, 2.75) is 13.0 Å².